The number of anilines is 1. The number of ether oxygens (including phenoxy) is 1. The van der Waals surface area contributed by atoms with E-state index in [1.165, 1.54) is 0 Å². The monoisotopic (exact) mass is 514 g/mol. The lowest BCUT2D eigenvalue weighted by Gasteiger charge is -2.19. The van der Waals surface area contributed by atoms with E-state index in [1.807, 2.05) is 66.7 Å². The number of rotatable bonds is 10. The zero-order valence-electron chi connectivity index (χ0n) is 17.8. The summed E-state index contributed by atoms with van der Waals surface area (Å²) in [6.45, 7) is 2.62. The molecule has 6 nitrogen and oxygen atoms in total. The number of thiol groups is 1. The predicted octanol–water partition coefficient (Wildman–Crippen LogP) is 4.26. The van der Waals surface area contributed by atoms with Crippen LogP contribution in [0.25, 0.3) is 11.3 Å². The van der Waals surface area contributed by atoms with E-state index < -0.39 is 6.10 Å². The average molecular weight is 515 g/mol. The highest BCUT2D eigenvalue weighted by Crippen LogP contribution is 2.28. The predicted molar refractivity (Wildman–Crippen MR) is 136 cm³/mol. The van der Waals surface area contributed by atoms with Crippen LogP contribution in [0.3, 0.4) is 0 Å². The number of aromatic nitrogens is 1. The van der Waals surface area contributed by atoms with E-state index in [9.17, 15) is 4.79 Å². The van der Waals surface area contributed by atoms with E-state index in [4.69, 9.17) is 10.5 Å². The molecule has 3 rings (SSSR count). The van der Waals surface area contributed by atoms with Gasteiger partial charge in [-0.05, 0) is 36.8 Å². The van der Waals surface area contributed by atoms with Gasteiger partial charge < -0.3 is 21.1 Å². The molecule has 8 heteroatoms. The third-order valence-corrected chi connectivity index (χ3v) is 5.69. The average Bonchev–Trinajstić information content (AvgIpc) is 2.82. The minimum atomic E-state index is -0.736. The Morgan fingerprint density at radius 3 is 2.66 bits per heavy atom. The summed E-state index contributed by atoms with van der Waals surface area (Å²) < 4.78 is 6.96. The van der Waals surface area contributed by atoms with Crippen LogP contribution in [-0.2, 0) is 11.3 Å². The molecule has 0 aliphatic heterocycles. The molecule has 0 fully saturated rings. The largest absolute Gasteiger partial charge is 0.463 e. The topological polar surface area (TPSA) is 89.3 Å². The molecule has 32 heavy (non-hydrogen) atoms. The maximum atomic E-state index is 12.7. The summed E-state index contributed by atoms with van der Waals surface area (Å²) in [6, 6.07) is 21.3. The molecule has 0 aliphatic carbocycles. The second-order valence-corrected chi connectivity index (χ2v) is 8.63. The van der Waals surface area contributed by atoms with E-state index in [1.54, 1.807) is 6.92 Å². The van der Waals surface area contributed by atoms with E-state index in [2.05, 4.69) is 44.2 Å². The van der Waals surface area contributed by atoms with Crippen LogP contribution >= 0.6 is 28.6 Å². The summed E-state index contributed by atoms with van der Waals surface area (Å²) in [5.41, 5.74) is 9.36. The Kier molecular flexibility index (Phi) is 8.96. The number of benzene rings is 2. The number of nitrogens with one attached hydrogen (secondary N) is 2. The molecule has 3 aromatic rings. The van der Waals surface area contributed by atoms with Gasteiger partial charge in [-0.25, -0.2) is 4.98 Å². The van der Waals surface area contributed by atoms with Crippen molar-refractivity contribution in [2.75, 3.05) is 17.6 Å². The van der Waals surface area contributed by atoms with Crippen molar-refractivity contribution in [1.82, 2.24) is 10.3 Å². The zero-order valence-corrected chi connectivity index (χ0v) is 20.3. The number of pyridine rings is 1. The SMILES string of the molecule is C[C@@H](Oc1nc(-c2ccccc2)ccc1NCC(N)CS)C(=O)NCc1cccc(Br)c1. The van der Waals surface area contributed by atoms with Crippen LogP contribution in [0.4, 0.5) is 5.69 Å². The molecule has 0 radical (unpaired) electrons. The van der Waals surface area contributed by atoms with Gasteiger partial charge >= 0.3 is 0 Å². The summed E-state index contributed by atoms with van der Waals surface area (Å²) in [6.07, 6.45) is -0.736. The zero-order chi connectivity index (χ0) is 22.9. The van der Waals surface area contributed by atoms with Gasteiger partial charge in [0.1, 0.15) is 0 Å². The number of nitrogens with two attached hydrogens (primary N) is 1. The molecule has 1 heterocycles. The van der Waals surface area contributed by atoms with E-state index in [-0.39, 0.29) is 11.9 Å². The standard InChI is InChI=1S/C24H27BrN4O2S/c1-16(23(30)28-13-17-6-5-9-19(25)12-17)31-24-22(27-14-20(26)15-32)11-10-21(29-24)18-7-3-2-4-8-18/h2-12,16,20,27,32H,13-15,26H2,1H3,(H,28,30)/t16-,20?/m1/s1. The fourth-order valence-corrected chi connectivity index (χ4v) is 3.52. The smallest absolute Gasteiger partial charge is 0.261 e. The van der Waals surface area contributed by atoms with Gasteiger partial charge in [0.2, 0.25) is 5.88 Å². The molecule has 0 bridgehead atoms. The molecule has 0 saturated carbocycles. The Morgan fingerprint density at radius 1 is 1.16 bits per heavy atom. The molecule has 0 aliphatic rings. The fraction of sp³-hybridized carbons (Fsp3) is 0.250. The van der Waals surface area contributed by atoms with Gasteiger partial charge in [-0.1, -0.05) is 58.4 Å². The minimum absolute atomic E-state index is 0.120. The van der Waals surface area contributed by atoms with E-state index in [0.29, 0.717) is 30.4 Å². The third-order valence-electron chi connectivity index (χ3n) is 4.73. The van der Waals surface area contributed by atoms with Crippen LogP contribution in [0.5, 0.6) is 5.88 Å². The molecular formula is C24H27BrN4O2S. The summed E-state index contributed by atoms with van der Waals surface area (Å²) in [5.74, 6) is 0.672. The number of hydrogen-bond acceptors (Lipinski definition) is 6. The Hall–Kier alpha value is -2.55. The number of nitrogens with zero attached hydrogens (tertiary/aromatic N) is 1. The molecule has 1 amide bonds. The van der Waals surface area contributed by atoms with Gasteiger partial charge in [0.15, 0.2) is 6.10 Å². The number of amides is 1. The lowest BCUT2D eigenvalue weighted by Crippen LogP contribution is -2.36. The lowest BCUT2D eigenvalue weighted by molar-refractivity contribution is -0.127. The molecule has 1 unspecified atom stereocenters. The second kappa shape index (κ2) is 11.9. The van der Waals surface area contributed by atoms with Gasteiger partial charge in [-0.2, -0.15) is 12.6 Å². The number of carbonyl (C=O) groups excluding carboxylic acids is 1. The first-order chi connectivity index (χ1) is 15.5. The fourth-order valence-electron chi connectivity index (χ4n) is 2.94. The first-order valence-corrected chi connectivity index (χ1v) is 11.7. The van der Waals surface area contributed by atoms with Gasteiger partial charge in [-0.3, -0.25) is 4.79 Å². The van der Waals surface area contributed by atoms with Crippen LogP contribution in [0.1, 0.15) is 12.5 Å². The first-order valence-electron chi connectivity index (χ1n) is 10.3. The van der Waals surface area contributed by atoms with Crippen LogP contribution in [0.2, 0.25) is 0 Å². The van der Waals surface area contributed by atoms with Crippen molar-refractivity contribution in [3.05, 3.63) is 76.8 Å². The van der Waals surface area contributed by atoms with Crippen LogP contribution < -0.4 is 21.1 Å². The normalized spacial score (nSPS) is 12.6. The molecule has 0 spiro atoms. The van der Waals surface area contributed by atoms with Gasteiger partial charge in [0.25, 0.3) is 5.91 Å². The third kappa shape index (κ3) is 6.98. The molecule has 168 valence electrons. The quantitative estimate of drug-likeness (QED) is 0.303. The molecule has 2 atom stereocenters. The van der Waals surface area contributed by atoms with Crippen molar-refractivity contribution in [2.45, 2.75) is 25.6 Å². The Morgan fingerprint density at radius 2 is 1.94 bits per heavy atom. The number of halogens is 1. The highest BCUT2D eigenvalue weighted by molar-refractivity contribution is 9.10. The summed E-state index contributed by atoms with van der Waals surface area (Å²) in [4.78, 5) is 17.3. The highest BCUT2D eigenvalue weighted by atomic mass is 79.9. The van der Waals surface area contributed by atoms with Gasteiger partial charge in [-0.15, -0.1) is 0 Å². The Labute approximate surface area is 202 Å². The summed E-state index contributed by atoms with van der Waals surface area (Å²) in [5, 5.41) is 6.16. The van der Waals surface area contributed by atoms with Crippen molar-refractivity contribution in [1.29, 1.82) is 0 Å². The Balaban J connectivity index is 1.74. The molecular weight excluding hydrogens is 488 g/mol. The van der Waals surface area contributed by atoms with E-state index in [0.717, 1.165) is 21.3 Å². The van der Waals surface area contributed by atoms with Crippen molar-refractivity contribution in [2.24, 2.45) is 5.73 Å². The van der Waals surface area contributed by atoms with Crippen LogP contribution in [0, 0.1) is 0 Å². The highest BCUT2D eigenvalue weighted by Gasteiger charge is 2.18. The Bertz CT molecular complexity index is 1040. The lowest BCUT2D eigenvalue weighted by atomic mass is 10.1. The van der Waals surface area contributed by atoms with Crippen LogP contribution in [-0.4, -0.2) is 35.3 Å². The minimum Gasteiger partial charge on any atom is -0.463 e. The maximum absolute atomic E-state index is 12.7. The summed E-state index contributed by atoms with van der Waals surface area (Å²) >= 11 is 7.67. The molecule has 0 saturated heterocycles. The van der Waals surface area contributed by atoms with E-state index >= 15 is 0 Å². The van der Waals surface area contributed by atoms with Crippen molar-refractivity contribution < 1.29 is 9.53 Å². The second-order valence-electron chi connectivity index (χ2n) is 7.35. The van der Waals surface area contributed by atoms with Crippen molar-refractivity contribution in [3.63, 3.8) is 0 Å². The number of hydrogen-bond donors (Lipinski definition) is 4. The first kappa shape index (κ1) is 24.1. The molecule has 2 aromatic carbocycles. The van der Waals surface area contributed by atoms with Crippen molar-refractivity contribution in [3.8, 4) is 17.1 Å². The number of carbonyl (C=O) groups is 1. The summed E-state index contributed by atoms with van der Waals surface area (Å²) in [7, 11) is 0. The molecule has 1 aromatic heterocycles. The van der Waals surface area contributed by atoms with Crippen molar-refractivity contribution >= 4 is 40.2 Å². The van der Waals surface area contributed by atoms with Gasteiger partial charge in [0, 0.05) is 34.9 Å². The van der Waals surface area contributed by atoms with Gasteiger partial charge in [0.05, 0.1) is 11.4 Å². The molecule has 4 N–H and O–H groups in total. The maximum Gasteiger partial charge on any atom is 0.261 e. The van der Waals surface area contributed by atoms with Crippen LogP contribution in [0.15, 0.2) is 71.2 Å².